The molecule has 3 rings (SSSR count). The molecule has 2 heterocycles. The van der Waals surface area contributed by atoms with Crippen LogP contribution in [0.2, 0.25) is 0 Å². The number of carbonyl (C=O) groups is 1. The van der Waals surface area contributed by atoms with E-state index in [2.05, 4.69) is 39.2 Å². The first-order valence-electron chi connectivity index (χ1n) is 9.97. The van der Waals surface area contributed by atoms with Crippen LogP contribution in [0, 0.1) is 0 Å². The number of anilines is 3. The summed E-state index contributed by atoms with van der Waals surface area (Å²) in [6, 6.07) is 7.80. The Balaban J connectivity index is 1.54. The van der Waals surface area contributed by atoms with Crippen molar-refractivity contribution < 1.29 is 14.4 Å². The van der Waals surface area contributed by atoms with Gasteiger partial charge in [-0.1, -0.05) is 31.1 Å². The second-order valence-electron chi connectivity index (χ2n) is 7.41. The van der Waals surface area contributed by atoms with Crippen LogP contribution in [0.5, 0.6) is 0 Å². The first-order valence-corrected chi connectivity index (χ1v) is 9.97. The minimum absolute atomic E-state index is 0.161. The minimum Gasteiger partial charge on any atom is -0.446 e. The third kappa shape index (κ3) is 5.37. The Morgan fingerprint density at radius 2 is 1.97 bits per heavy atom. The van der Waals surface area contributed by atoms with Crippen LogP contribution in [-0.2, 0) is 9.57 Å². The molecule has 0 saturated carbocycles. The number of nitrogens with zero attached hydrogens (tertiary/aromatic N) is 4. The van der Waals surface area contributed by atoms with Gasteiger partial charge in [0.25, 0.3) is 0 Å². The van der Waals surface area contributed by atoms with E-state index < -0.39 is 6.09 Å². The van der Waals surface area contributed by atoms with E-state index in [4.69, 9.17) is 15.3 Å². The van der Waals surface area contributed by atoms with E-state index in [0.29, 0.717) is 49.0 Å². The fourth-order valence-electron chi connectivity index (χ4n) is 3.32. The number of amides is 1. The summed E-state index contributed by atoms with van der Waals surface area (Å²) >= 11 is 0. The van der Waals surface area contributed by atoms with E-state index in [1.165, 1.54) is 25.2 Å². The van der Waals surface area contributed by atoms with Gasteiger partial charge in [-0.15, -0.1) is 0 Å². The standard InChI is InChI=1S/C21H28N6O3/c1-14(2)15-4-6-16(7-5-15)26-21(28)30-17-8-10-27(11-9-17)20-18(12-25-29-3)19(22)23-13-24-20/h4-7,12-14,17H,8-11H2,1-3H3,(H,26,28)(H2,22,23,24)/b25-12+. The maximum absolute atomic E-state index is 12.3. The number of nitrogen functional groups attached to an aromatic ring is 1. The molecule has 1 saturated heterocycles. The highest BCUT2D eigenvalue weighted by Crippen LogP contribution is 2.25. The van der Waals surface area contributed by atoms with Crippen LogP contribution >= 0.6 is 0 Å². The number of nitrogens with one attached hydrogen (secondary N) is 1. The molecule has 0 radical (unpaired) electrons. The van der Waals surface area contributed by atoms with Crippen molar-refractivity contribution in [2.75, 3.05) is 36.1 Å². The van der Waals surface area contributed by atoms with Crippen molar-refractivity contribution in [3.63, 3.8) is 0 Å². The van der Waals surface area contributed by atoms with Gasteiger partial charge in [0.15, 0.2) is 0 Å². The number of carbonyl (C=O) groups excluding carboxylic acids is 1. The highest BCUT2D eigenvalue weighted by atomic mass is 16.6. The van der Waals surface area contributed by atoms with E-state index in [1.807, 2.05) is 24.3 Å². The smallest absolute Gasteiger partial charge is 0.411 e. The highest BCUT2D eigenvalue weighted by molar-refractivity contribution is 5.91. The molecule has 9 nitrogen and oxygen atoms in total. The monoisotopic (exact) mass is 412 g/mol. The third-order valence-electron chi connectivity index (χ3n) is 5.02. The Morgan fingerprint density at radius 1 is 1.27 bits per heavy atom. The average Bonchev–Trinajstić information content (AvgIpc) is 2.73. The van der Waals surface area contributed by atoms with Crippen LogP contribution in [0.3, 0.4) is 0 Å². The molecule has 9 heteroatoms. The van der Waals surface area contributed by atoms with E-state index in [-0.39, 0.29) is 6.10 Å². The summed E-state index contributed by atoms with van der Waals surface area (Å²) in [6.07, 6.45) is 3.70. The molecule has 1 fully saturated rings. The van der Waals surface area contributed by atoms with E-state index in [1.54, 1.807) is 0 Å². The van der Waals surface area contributed by atoms with Crippen molar-refractivity contribution >= 4 is 29.6 Å². The van der Waals surface area contributed by atoms with Gasteiger partial charge in [-0.2, -0.15) is 0 Å². The van der Waals surface area contributed by atoms with Gasteiger partial charge >= 0.3 is 6.09 Å². The lowest BCUT2D eigenvalue weighted by Crippen LogP contribution is -2.39. The first kappa shape index (κ1) is 21.4. The fraction of sp³-hybridized carbons (Fsp3) is 0.429. The normalized spacial score (nSPS) is 14.9. The molecule has 0 bridgehead atoms. The number of rotatable bonds is 6. The third-order valence-corrected chi connectivity index (χ3v) is 5.02. The Morgan fingerprint density at radius 3 is 2.60 bits per heavy atom. The van der Waals surface area contributed by atoms with Crippen LogP contribution in [-0.4, -0.2) is 48.6 Å². The number of benzene rings is 1. The number of piperidine rings is 1. The van der Waals surface area contributed by atoms with Crippen LogP contribution in [0.4, 0.5) is 22.1 Å². The van der Waals surface area contributed by atoms with Crippen LogP contribution in [0.25, 0.3) is 0 Å². The topological polar surface area (TPSA) is 115 Å². The number of aromatic nitrogens is 2. The van der Waals surface area contributed by atoms with Crippen LogP contribution < -0.4 is 16.0 Å². The Kier molecular flexibility index (Phi) is 7.05. The average molecular weight is 412 g/mol. The Labute approximate surface area is 176 Å². The molecule has 0 unspecified atom stereocenters. The summed E-state index contributed by atoms with van der Waals surface area (Å²) in [5.41, 5.74) is 8.52. The van der Waals surface area contributed by atoms with Crippen molar-refractivity contribution in [3.05, 3.63) is 41.7 Å². The number of hydrogen-bond donors (Lipinski definition) is 2. The van der Waals surface area contributed by atoms with Crippen molar-refractivity contribution in [1.82, 2.24) is 9.97 Å². The molecule has 1 aromatic carbocycles. The maximum Gasteiger partial charge on any atom is 0.411 e. The summed E-state index contributed by atoms with van der Waals surface area (Å²) in [7, 11) is 1.46. The molecule has 1 aromatic heterocycles. The van der Waals surface area contributed by atoms with Gasteiger partial charge in [0.2, 0.25) is 0 Å². The molecule has 1 aliphatic heterocycles. The van der Waals surface area contributed by atoms with Crippen LogP contribution in [0.1, 0.15) is 43.7 Å². The molecule has 1 aliphatic rings. The quantitative estimate of drug-likeness (QED) is 0.552. The minimum atomic E-state index is -0.440. The second kappa shape index (κ2) is 9.91. The lowest BCUT2D eigenvalue weighted by atomic mass is 10.0. The van der Waals surface area contributed by atoms with Gasteiger partial charge < -0.3 is 20.2 Å². The number of nitrogens with two attached hydrogens (primary N) is 1. The Hall–Kier alpha value is -3.36. The molecule has 0 aliphatic carbocycles. The van der Waals surface area contributed by atoms with Gasteiger partial charge in [-0.3, -0.25) is 5.32 Å². The lowest BCUT2D eigenvalue weighted by Gasteiger charge is -2.33. The molecular formula is C21H28N6O3. The second-order valence-corrected chi connectivity index (χ2v) is 7.41. The summed E-state index contributed by atoms with van der Waals surface area (Å²) in [5, 5.41) is 6.57. The van der Waals surface area contributed by atoms with Gasteiger partial charge in [0.05, 0.1) is 11.8 Å². The first-order chi connectivity index (χ1) is 14.5. The zero-order valence-corrected chi connectivity index (χ0v) is 17.5. The summed E-state index contributed by atoms with van der Waals surface area (Å²) < 4.78 is 5.60. The van der Waals surface area contributed by atoms with Crippen LogP contribution in [0.15, 0.2) is 35.7 Å². The van der Waals surface area contributed by atoms with Gasteiger partial charge in [0, 0.05) is 31.6 Å². The highest BCUT2D eigenvalue weighted by Gasteiger charge is 2.25. The SMILES string of the molecule is CO/N=C/c1c(N)ncnc1N1CCC(OC(=O)Nc2ccc(C(C)C)cc2)CC1. The number of hydrogen-bond acceptors (Lipinski definition) is 8. The van der Waals surface area contributed by atoms with Gasteiger partial charge in [0.1, 0.15) is 31.2 Å². The molecule has 3 N–H and O–H groups in total. The molecule has 2 aromatic rings. The molecule has 0 atom stereocenters. The van der Waals surface area contributed by atoms with Crippen molar-refractivity contribution in [2.24, 2.45) is 5.16 Å². The van der Waals surface area contributed by atoms with E-state index >= 15 is 0 Å². The summed E-state index contributed by atoms with van der Waals surface area (Å²) in [4.78, 5) is 27.4. The number of oxime groups is 1. The summed E-state index contributed by atoms with van der Waals surface area (Å²) in [5.74, 6) is 1.47. The summed E-state index contributed by atoms with van der Waals surface area (Å²) in [6.45, 7) is 5.61. The predicted octanol–water partition coefficient (Wildman–Crippen LogP) is 3.38. The van der Waals surface area contributed by atoms with Crippen molar-refractivity contribution in [3.8, 4) is 0 Å². The molecular weight excluding hydrogens is 384 g/mol. The maximum atomic E-state index is 12.3. The molecule has 30 heavy (non-hydrogen) atoms. The largest absolute Gasteiger partial charge is 0.446 e. The lowest BCUT2D eigenvalue weighted by molar-refractivity contribution is 0.0950. The van der Waals surface area contributed by atoms with E-state index in [9.17, 15) is 4.79 Å². The Bertz CT molecular complexity index is 877. The zero-order valence-electron chi connectivity index (χ0n) is 17.5. The molecule has 1 amide bonds. The van der Waals surface area contributed by atoms with E-state index in [0.717, 1.165) is 5.69 Å². The fourth-order valence-corrected chi connectivity index (χ4v) is 3.32. The number of ether oxygens (including phenoxy) is 1. The van der Waals surface area contributed by atoms with Gasteiger partial charge in [-0.05, 0) is 23.6 Å². The van der Waals surface area contributed by atoms with Crippen molar-refractivity contribution in [2.45, 2.75) is 38.7 Å². The zero-order chi connectivity index (χ0) is 21.5. The molecule has 0 spiro atoms. The van der Waals surface area contributed by atoms with Gasteiger partial charge in [-0.25, -0.2) is 14.8 Å². The van der Waals surface area contributed by atoms with Crippen molar-refractivity contribution in [1.29, 1.82) is 0 Å². The predicted molar refractivity (Wildman–Crippen MR) is 117 cm³/mol. The molecule has 160 valence electrons.